The monoisotopic (exact) mass is 421 g/mol. The molecule has 1 amide bonds. The Balaban J connectivity index is 1.57. The van der Waals surface area contributed by atoms with Crippen LogP contribution < -0.4 is 9.62 Å². The molecule has 0 unspecified atom stereocenters. The average Bonchev–Trinajstić information content (AvgIpc) is 2.78. The van der Waals surface area contributed by atoms with Gasteiger partial charge in [0, 0.05) is 36.7 Å². The molecule has 2 heterocycles. The maximum Gasteiger partial charge on any atom is 0.258 e. The second-order valence-corrected chi connectivity index (χ2v) is 9.17. The Bertz CT molecular complexity index is 1160. The third-order valence-corrected chi connectivity index (χ3v) is 6.61. The van der Waals surface area contributed by atoms with Crippen LogP contribution in [0.15, 0.2) is 71.9 Å². The number of anilines is 1. The highest BCUT2D eigenvalue weighted by atomic mass is 32.2. The van der Waals surface area contributed by atoms with Gasteiger partial charge in [0.15, 0.2) is 0 Å². The molecule has 0 saturated carbocycles. The van der Waals surface area contributed by atoms with Crippen LogP contribution in [0.1, 0.15) is 33.5 Å². The lowest BCUT2D eigenvalue weighted by Crippen LogP contribution is -2.35. The molecule has 1 aromatic heterocycles. The van der Waals surface area contributed by atoms with Crippen molar-refractivity contribution in [3.63, 3.8) is 0 Å². The first-order valence-electron chi connectivity index (χ1n) is 9.84. The Morgan fingerprint density at radius 3 is 2.67 bits per heavy atom. The lowest BCUT2D eigenvalue weighted by molar-refractivity contribution is 0.0985. The van der Waals surface area contributed by atoms with E-state index in [1.165, 1.54) is 0 Å². The molecule has 0 atom stereocenters. The van der Waals surface area contributed by atoms with E-state index < -0.39 is 10.0 Å². The fourth-order valence-electron chi connectivity index (χ4n) is 3.57. The molecular formula is C23H23N3O3S. The summed E-state index contributed by atoms with van der Waals surface area (Å²) < 4.78 is 28.1. The van der Waals surface area contributed by atoms with E-state index in [1.807, 2.05) is 37.3 Å². The van der Waals surface area contributed by atoms with Crippen LogP contribution in [0.5, 0.6) is 0 Å². The van der Waals surface area contributed by atoms with Crippen LogP contribution >= 0.6 is 0 Å². The van der Waals surface area contributed by atoms with Crippen molar-refractivity contribution in [1.82, 2.24) is 9.71 Å². The minimum atomic E-state index is -3.67. The first-order valence-corrected chi connectivity index (χ1v) is 11.3. The number of aromatic nitrogens is 1. The maximum atomic E-state index is 13.0. The highest BCUT2D eigenvalue weighted by molar-refractivity contribution is 7.89. The quantitative estimate of drug-likeness (QED) is 0.684. The summed E-state index contributed by atoms with van der Waals surface area (Å²) in [5.41, 5.74) is 4.15. The van der Waals surface area contributed by atoms with Crippen LogP contribution in [0.3, 0.4) is 0 Å². The first kappa shape index (κ1) is 20.3. The zero-order valence-electron chi connectivity index (χ0n) is 16.7. The van der Waals surface area contributed by atoms with E-state index in [9.17, 15) is 13.2 Å². The number of amides is 1. The Kier molecular flexibility index (Phi) is 5.65. The third-order valence-electron chi connectivity index (χ3n) is 5.21. The number of nitrogens with one attached hydrogen (secondary N) is 1. The summed E-state index contributed by atoms with van der Waals surface area (Å²) in [6, 6.07) is 16.0. The summed E-state index contributed by atoms with van der Waals surface area (Å²) in [6.45, 7) is 2.77. The lowest BCUT2D eigenvalue weighted by Gasteiger charge is -2.30. The molecule has 0 spiro atoms. The summed E-state index contributed by atoms with van der Waals surface area (Å²) in [6.07, 6.45) is 4.80. The zero-order valence-corrected chi connectivity index (χ0v) is 17.5. The molecule has 0 bridgehead atoms. The predicted molar refractivity (Wildman–Crippen MR) is 116 cm³/mol. The van der Waals surface area contributed by atoms with Crippen LogP contribution in [-0.2, 0) is 23.0 Å². The highest BCUT2D eigenvalue weighted by Gasteiger charge is 2.25. The number of aryl methyl sites for hydroxylation is 2. The molecule has 154 valence electrons. The van der Waals surface area contributed by atoms with Crippen LogP contribution in [0.4, 0.5) is 5.69 Å². The second-order valence-electron chi connectivity index (χ2n) is 7.40. The fraction of sp³-hybridized carbons (Fsp3) is 0.217. The van der Waals surface area contributed by atoms with Gasteiger partial charge in [-0.3, -0.25) is 9.78 Å². The first-order chi connectivity index (χ1) is 14.4. The largest absolute Gasteiger partial charge is 0.308 e. The molecule has 4 rings (SSSR count). The number of sulfonamides is 1. The fourth-order valence-corrected chi connectivity index (χ4v) is 4.64. The van der Waals surface area contributed by atoms with Crippen molar-refractivity contribution in [2.24, 2.45) is 0 Å². The van der Waals surface area contributed by atoms with E-state index in [1.54, 1.807) is 41.6 Å². The second kappa shape index (κ2) is 8.38. The maximum absolute atomic E-state index is 13.0. The average molecular weight is 422 g/mol. The van der Waals surface area contributed by atoms with Gasteiger partial charge in [0.2, 0.25) is 10.0 Å². The molecule has 1 N–H and O–H groups in total. The number of nitrogens with zero attached hydrogens (tertiary/aromatic N) is 2. The molecule has 0 radical (unpaired) electrons. The van der Waals surface area contributed by atoms with Crippen LogP contribution in [0.2, 0.25) is 0 Å². The molecule has 6 nitrogen and oxygen atoms in total. The minimum absolute atomic E-state index is 0.0683. The smallest absolute Gasteiger partial charge is 0.258 e. The number of hydrogen-bond acceptors (Lipinski definition) is 4. The van der Waals surface area contributed by atoms with E-state index in [4.69, 9.17) is 0 Å². The van der Waals surface area contributed by atoms with E-state index in [-0.39, 0.29) is 17.3 Å². The van der Waals surface area contributed by atoms with Gasteiger partial charge in [-0.25, -0.2) is 13.1 Å². The molecule has 1 aliphatic rings. The van der Waals surface area contributed by atoms with Gasteiger partial charge in [-0.1, -0.05) is 23.8 Å². The molecule has 1 aliphatic heterocycles. The number of fused-ring (bicyclic) bond motifs is 1. The van der Waals surface area contributed by atoms with Crippen molar-refractivity contribution < 1.29 is 13.2 Å². The Hall–Kier alpha value is -3.03. The van der Waals surface area contributed by atoms with Crippen molar-refractivity contribution in [1.29, 1.82) is 0 Å². The van der Waals surface area contributed by atoms with Gasteiger partial charge in [-0.05, 0) is 67.3 Å². The summed E-state index contributed by atoms with van der Waals surface area (Å²) in [7, 11) is -3.67. The van der Waals surface area contributed by atoms with Gasteiger partial charge >= 0.3 is 0 Å². The van der Waals surface area contributed by atoms with Crippen molar-refractivity contribution in [3.05, 3.63) is 89.2 Å². The number of carbonyl (C=O) groups is 1. The van der Waals surface area contributed by atoms with Crippen LogP contribution in [0.25, 0.3) is 0 Å². The SMILES string of the molecule is Cc1ccc(C(=O)N2CCCc3cc(S(=O)(=O)NCc4cccnc4)ccc32)cc1. The minimum Gasteiger partial charge on any atom is -0.308 e. The predicted octanol–water partition coefficient (Wildman–Crippen LogP) is 3.46. The number of hydrogen-bond donors (Lipinski definition) is 1. The molecule has 0 saturated heterocycles. The summed E-state index contributed by atoms with van der Waals surface area (Å²) >= 11 is 0. The normalized spacial score (nSPS) is 13.7. The molecule has 2 aromatic carbocycles. The molecule has 0 fully saturated rings. The molecular weight excluding hydrogens is 398 g/mol. The van der Waals surface area contributed by atoms with Crippen molar-refractivity contribution in [2.75, 3.05) is 11.4 Å². The number of pyridine rings is 1. The summed E-state index contributed by atoms with van der Waals surface area (Å²) in [4.78, 5) is 18.9. The number of benzene rings is 2. The molecule has 7 heteroatoms. The Morgan fingerprint density at radius 2 is 1.93 bits per heavy atom. The number of rotatable bonds is 5. The van der Waals surface area contributed by atoms with E-state index in [0.29, 0.717) is 12.1 Å². The molecule has 3 aromatic rings. The van der Waals surface area contributed by atoms with Gasteiger partial charge in [0.25, 0.3) is 5.91 Å². The van der Waals surface area contributed by atoms with Crippen LogP contribution in [0, 0.1) is 6.92 Å². The van der Waals surface area contributed by atoms with Crippen molar-refractivity contribution >= 4 is 21.6 Å². The van der Waals surface area contributed by atoms with Crippen molar-refractivity contribution in [3.8, 4) is 0 Å². The number of carbonyl (C=O) groups excluding carboxylic acids is 1. The van der Waals surface area contributed by atoms with E-state index in [2.05, 4.69) is 9.71 Å². The van der Waals surface area contributed by atoms with Gasteiger partial charge in [0.05, 0.1) is 4.90 Å². The van der Waals surface area contributed by atoms with Gasteiger partial charge in [-0.15, -0.1) is 0 Å². The van der Waals surface area contributed by atoms with E-state index in [0.717, 1.165) is 35.2 Å². The van der Waals surface area contributed by atoms with Gasteiger partial charge < -0.3 is 4.90 Å². The van der Waals surface area contributed by atoms with E-state index >= 15 is 0 Å². The Morgan fingerprint density at radius 1 is 1.13 bits per heavy atom. The van der Waals surface area contributed by atoms with Crippen molar-refractivity contribution in [2.45, 2.75) is 31.2 Å². The standard InChI is InChI=1S/C23H23N3O3S/c1-17-6-8-19(9-7-17)23(27)26-13-3-5-20-14-21(10-11-22(20)26)30(28,29)25-16-18-4-2-12-24-15-18/h2,4,6-12,14-15,25H,3,5,13,16H2,1H3. The Labute approximate surface area is 176 Å². The highest BCUT2D eigenvalue weighted by Crippen LogP contribution is 2.30. The van der Waals surface area contributed by atoms with Gasteiger partial charge in [-0.2, -0.15) is 0 Å². The van der Waals surface area contributed by atoms with Gasteiger partial charge in [0.1, 0.15) is 0 Å². The third kappa shape index (κ3) is 4.27. The summed E-state index contributed by atoms with van der Waals surface area (Å²) in [5.74, 6) is -0.0683. The van der Waals surface area contributed by atoms with Crippen LogP contribution in [-0.4, -0.2) is 25.9 Å². The summed E-state index contributed by atoms with van der Waals surface area (Å²) in [5, 5.41) is 0. The molecule has 30 heavy (non-hydrogen) atoms. The zero-order chi connectivity index (χ0) is 21.1. The molecule has 0 aliphatic carbocycles. The lowest BCUT2D eigenvalue weighted by atomic mass is 10.0. The topological polar surface area (TPSA) is 79.4 Å².